The van der Waals surface area contributed by atoms with Gasteiger partial charge in [-0.3, -0.25) is 4.90 Å². The molecule has 0 aliphatic rings. The average Bonchev–Trinajstić information content (AvgIpc) is 2.48. The number of likely N-dealkylation sites (N-methyl/N-ethyl adjacent to an activating group) is 1. The molecule has 0 N–H and O–H groups in total. The van der Waals surface area contributed by atoms with Crippen LogP contribution in [0.25, 0.3) is 5.32 Å². The van der Waals surface area contributed by atoms with Crippen LogP contribution in [-0.4, -0.2) is 73.0 Å². The van der Waals surface area contributed by atoms with E-state index in [1.165, 1.54) is 0 Å². The molecule has 8 heteroatoms. The second-order valence-electron chi connectivity index (χ2n) is 3.99. The Bertz CT molecular complexity index is 235. The van der Waals surface area contributed by atoms with E-state index in [-0.39, 0.29) is 5.91 Å². The monoisotopic (exact) mass is 405 g/mol. The third-order valence-electron chi connectivity index (χ3n) is 2.77. The van der Waals surface area contributed by atoms with E-state index in [1.54, 1.807) is 0 Å². The molecule has 0 radical (unpaired) electrons. The number of hydrogen-bond acceptors (Lipinski definition) is 6. The molecule has 0 aromatic rings. The fraction of sp³-hybridized carbons (Fsp3) is 0.917. The molecule has 20 heavy (non-hydrogen) atoms. The predicted molar refractivity (Wildman–Crippen MR) is 82.6 cm³/mol. The first-order valence-corrected chi connectivity index (χ1v) is 8.55. The van der Waals surface area contributed by atoms with Crippen molar-refractivity contribution in [3.05, 3.63) is 5.32 Å². The number of carbonyl (C=O) groups excluding carboxylic acids is 1. The van der Waals surface area contributed by atoms with Crippen molar-refractivity contribution in [2.24, 2.45) is 0 Å². The SMILES string of the molecule is CCN(CC)CCN(CC[S-])CC(=O)[N-]CC[S-].[O]=[99Tc+3]. The Balaban J connectivity index is 0. The molecule has 0 rings (SSSR count). The van der Waals surface area contributed by atoms with Crippen LogP contribution in [0.1, 0.15) is 13.8 Å². The van der Waals surface area contributed by atoms with Gasteiger partial charge in [-0.1, -0.05) is 13.8 Å². The number of hydrogen-bond donors (Lipinski definition) is 0. The molecule has 0 saturated carbocycles. The van der Waals surface area contributed by atoms with Crippen molar-refractivity contribution in [1.29, 1.82) is 0 Å². The first-order chi connectivity index (χ1) is 9.67. The summed E-state index contributed by atoms with van der Waals surface area (Å²) in [7, 11) is 0. The Kier molecular flexibility index (Phi) is 20.1. The van der Waals surface area contributed by atoms with Gasteiger partial charge in [0, 0.05) is 19.6 Å². The minimum absolute atomic E-state index is 0.0807. The standard InChI is InChI=1S/C12H27N3OS2.O.Tc/c1-3-14(4-2)6-7-15(8-10-18)11-12(16)13-5-9-17;;/h3-11H2,1-2H3,(H3,13,16,17,18);;/q;;+3/p-3/i;;1+1. The molecule has 5 nitrogen and oxygen atoms in total. The molecule has 0 unspecified atom stereocenters. The Morgan fingerprint density at radius 1 is 1.00 bits per heavy atom. The zero-order chi connectivity index (χ0) is 15.8. The summed E-state index contributed by atoms with van der Waals surface area (Å²) in [4.78, 5) is 16.0. The van der Waals surface area contributed by atoms with Crippen molar-refractivity contribution < 1.29 is 27.2 Å². The van der Waals surface area contributed by atoms with Crippen molar-refractivity contribution in [2.45, 2.75) is 13.8 Å². The first kappa shape index (κ1) is 22.8. The molecule has 0 aliphatic carbocycles. The number of amides is 1. The van der Waals surface area contributed by atoms with E-state index in [0.29, 0.717) is 24.6 Å². The van der Waals surface area contributed by atoms with E-state index in [9.17, 15) is 4.79 Å². The van der Waals surface area contributed by atoms with E-state index in [0.717, 1.165) is 51.6 Å². The molecular formula is C12H24N3O2S2Tc. The summed E-state index contributed by atoms with van der Waals surface area (Å²) < 4.78 is 8.22. The molecule has 0 aliphatic heterocycles. The molecule has 118 valence electrons. The van der Waals surface area contributed by atoms with Gasteiger partial charge in [-0.25, -0.2) is 0 Å². The third kappa shape index (κ3) is 13.5. The second-order valence-corrected chi connectivity index (χ2v) is 4.80. The topological polar surface area (TPSA) is 54.7 Å². The van der Waals surface area contributed by atoms with Gasteiger partial charge in [0.05, 0.1) is 5.91 Å². The number of rotatable bonds is 11. The summed E-state index contributed by atoms with van der Waals surface area (Å²) in [6.45, 7) is 9.78. The maximum absolute atomic E-state index is 11.6. The van der Waals surface area contributed by atoms with E-state index >= 15 is 0 Å². The van der Waals surface area contributed by atoms with Crippen molar-refractivity contribution >= 4 is 31.2 Å². The molecule has 0 bridgehead atoms. The Hall–Kier alpha value is 0.539. The van der Waals surface area contributed by atoms with E-state index in [1.807, 2.05) is 0 Å². The summed E-state index contributed by atoms with van der Waals surface area (Å²) in [5.74, 6) is 1.07. The average molecular weight is 405 g/mol. The Morgan fingerprint density at radius 2 is 1.55 bits per heavy atom. The fourth-order valence-electron chi connectivity index (χ4n) is 1.63. The van der Waals surface area contributed by atoms with Crippen LogP contribution in [-0.2, 0) is 52.4 Å². The van der Waals surface area contributed by atoms with Crippen molar-refractivity contribution in [2.75, 3.05) is 57.3 Å². The molecule has 0 saturated heterocycles. The van der Waals surface area contributed by atoms with Gasteiger partial charge in [-0.2, -0.15) is 18.1 Å². The van der Waals surface area contributed by atoms with Gasteiger partial charge in [0.2, 0.25) is 0 Å². The van der Waals surface area contributed by atoms with Gasteiger partial charge >= 0.3 is 22.4 Å². The normalized spacial score (nSPS) is 10.2. The summed E-state index contributed by atoms with van der Waals surface area (Å²) in [5.41, 5.74) is 0. The van der Waals surface area contributed by atoms with Crippen LogP contribution in [0.15, 0.2) is 0 Å². The van der Waals surface area contributed by atoms with Crippen molar-refractivity contribution in [3.63, 3.8) is 0 Å². The second kappa shape index (κ2) is 17.6. The molecule has 0 atom stereocenters. The predicted octanol–water partition coefficient (Wildman–Crippen LogP) is 0.503. The van der Waals surface area contributed by atoms with Gasteiger partial charge < -0.3 is 40.3 Å². The van der Waals surface area contributed by atoms with Gasteiger partial charge in [-0.05, 0) is 19.6 Å². The Morgan fingerprint density at radius 3 is 2.00 bits per heavy atom. The summed E-state index contributed by atoms with van der Waals surface area (Å²) in [5, 5.41) is 3.90. The fourth-order valence-corrected chi connectivity index (χ4v) is 1.98. The van der Waals surface area contributed by atoms with Crippen LogP contribution in [0.2, 0.25) is 0 Å². The van der Waals surface area contributed by atoms with Crippen molar-refractivity contribution in [1.82, 2.24) is 9.80 Å². The van der Waals surface area contributed by atoms with Gasteiger partial charge in [0.25, 0.3) is 0 Å². The molecular weight excluding hydrogens is 381 g/mol. The van der Waals surface area contributed by atoms with Crippen LogP contribution in [0, 0.1) is 0 Å². The third-order valence-corrected chi connectivity index (χ3v) is 3.14. The van der Waals surface area contributed by atoms with Crippen LogP contribution in [0.4, 0.5) is 0 Å². The molecule has 0 aromatic carbocycles. The summed E-state index contributed by atoms with van der Waals surface area (Å²) in [6.07, 6.45) is 0. The van der Waals surface area contributed by atoms with Crippen LogP contribution in [0.5, 0.6) is 0 Å². The number of carbonyl (C=O) groups is 1. The minimum atomic E-state index is -0.0807. The van der Waals surface area contributed by atoms with Gasteiger partial charge in [0.15, 0.2) is 0 Å². The quantitative estimate of drug-likeness (QED) is 0.467. The zero-order valence-corrected chi connectivity index (χ0v) is 15.7. The van der Waals surface area contributed by atoms with Gasteiger partial charge in [0.1, 0.15) is 0 Å². The molecule has 0 spiro atoms. The maximum atomic E-state index is 11.6. The van der Waals surface area contributed by atoms with Gasteiger partial charge in [-0.15, -0.1) is 0 Å². The van der Waals surface area contributed by atoms with Crippen LogP contribution < -0.4 is 0 Å². The van der Waals surface area contributed by atoms with Crippen LogP contribution in [0.3, 0.4) is 0 Å². The molecule has 0 fully saturated rings. The number of nitrogens with zero attached hydrogens (tertiary/aromatic N) is 3. The first-order valence-electron chi connectivity index (χ1n) is 6.64. The van der Waals surface area contributed by atoms with E-state index in [2.05, 4.69) is 29.0 Å². The van der Waals surface area contributed by atoms with Crippen LogP contribution >= 0.6 is 0 Å². The molecule has 1 amide bonds. The molecule has 0 heterocycles. The van der Waals surface area contributed by atoms with E-state index in [4.69, 9.17) is 28.8 Å². The summed E-state index contributed by atoms with van der Waals surface area (Å²) in [6, 6.07) is 0. The summed E-state index contributed by atoms with van der Waals surface area (Å²) >= 11 is 10.7. The Labute approximate surface area is 144 Å². The van der Waals surface area contributed by atoms with E-state index < -0.39 is 0 Å². The molecule has 0 aromatic heterocycles. The van der Waals surface area contributed by atoms with Crippen molar-refractivity contribution in [3.8, 4) is 0 Å². The zero-order valence-electron chi connectivity index (χ0n) is 12.2.